The van der Waals surface area contributed by atoms with Gasteiger partial charge in [0, 0.05) is 0 Å². The Balaban J connectivity index is 4.34. The van der Waals surface area contributed by atoms with E-state index in [0.29, 0.717) is 6.42 Å². The van der Waals surface area contributed by atoms with E-state index in [1.165, 1.54) is 6.42 Å². The standard InChI is InChI=1S/C12H19NO2/c1-3-5-6-7-8-10(4-2)11(9-13)12(14)15/h3-8H2,1-2H3,(H,14,15). The summed E-state index contributed by atoms with van der Waals surface area (Å²) in [5.74, 6) is -1.09. The highest BCUT2D eigenvalue weighted by Crippen LogP contribution is 2.17. The third kappa shape index (κ3) is 5.21. The smallest absolute Gasteiger partial charge is 0.346 e. The molecule has 0 amide bonds. The molecule has 84 valence electrons. The molecule has 0 aliphatic heterocycles. The molecule has 0 aliphatic carbocycles. The van der Waals surface area contributed by atoms with Crippen molar-refractivity contribution < 1.29 is 9.90 Å². The van der Waals surface area contributed by atoms with Crippen molar-refractivity contribution in [2.45, 2.75) is 52.4 Å². The maximum atomic E-state index is 10.7. The number of unbranched alkanes of at least 4 members (excludes halogenated alkanes) is 3. The molecule has 0 saturated carbocycles. The van der Waals surface area contributed by atoms with Gasteiger partial charge >= 0.3 is 5.97 Å². The second kappa shape index (κ2) is 8.05. The normalized spacial score (nSPS) is 11.8. The van der Waals surface area contributed by atoms with Gasteiger partial charge < -0.3 is 5.11 Å². The van der Waals surface area contributed by atoms with Gasteiger partial charge in [-0.05, 0) is 24.8 Å². The number of nitrogens with zero attached hydrogens (tertiary/aromatic N) is 1. The Hall–Kier alpha value is -1.30. The minimum Gasteiger partial charge on any atom is -0.477 e. The molecule has 0 atom stereocenters. The first-order valence-electron chi connectivity index (χ1n) is 5.52. The van der Waals surface area contributed by atoms with Gasteiger partial charge in [0.25, 0.3) is 0 Å². The molecule has 0 bridgehead atoms. The Labute approximate surface area is 91.4 Å². The number of hydrogen-bond donors (Lipinski definition) is 1. The molecule has 0 rings (SSSR count). The molecule has 3 heteroatoms. The zero-order chi connectivity index (χ0) is 11.7. The van der Waals surface area contributed by atoms with Gasteiger partial charge in [0.15, 0.2) is 0 Å². The number of hydrogen-bond acceptors (Lipinski definition) is 2. The lowest BCUT2D eigenvalue weighted by Crippen LogP contribution is -2.02. The average Bonchev–Trinajstić information content (AvgIpc) is 2.22. The van der Waals surface area contributed by atoms with Crippen LogP contribution in [-0.4, -0.2) is 11.1 Å². The van der Waals surface area contributed by atoms with Gasteiger partial charge in [-0.15, -0.1) is 0 Å². The number of rotatable bonds is 7. The summed E-state index contributed by atoms with van der Waals surface area (Å²) in [5.41, 5.74) is 0.718. The fraction of sp³-hybridized carbons (Fsp3) is 0.667. The third-order valence-electron chi connectivity index (χ3n) is 2.44. The number of nitriles is 1. The molecule has 0 aliphatic rings. The molecule has 1 N–H and O–H groups in total. The SMILES string of the molecule is CCCCCCC(CC)=C(C#N)C(=O)O. The summed E-state index contributed by atoms with van der Waals surface area (Å²) in [6, 6.07) is 1.77. The van der Waals surface area contributed by atoms with E-state index >= 15 is 0 Å². The molecule has 0 aromatic carbocycles. The van der Waals surface area contributed by atoms with Crippen molar-refractivity contribution in [3.05, 3.63) is 11.1 Å². The summed E-state index contributed by atoms with van der Waals surface area (Å²) < 4.78 is 0. The van der Waals surface area contributed by atoms with Crippen LogP contribution in [0.2, 0.25) is 0 Å². The van der Waals surface area contributed by atoms with Crippen LogP contribution in [0, 0.1) is 11.3 Å². The predicted octanol–water partition coefficient (Wildman–Crippen LogP) is 3.27. The molecule has 0 aromatic heterocycles. The molecular formula is C12H19NO2. The minimum absolute atomic E-state index is 0.0611. The molecule has 0 radical (unpaired) electrons. The van der Waals surface area contributed by atoms with E-state index in [1.807, 2.05) is 6.92 Å². The highest BCUT2D eigenvalue weighted by Gasteiger charge is 2.11. The first kappa shape index (κ1) is 13.7. The van der Waals surface area contributed by atoms with E-state index in [2.05, 4.69) is 6.92 Å². The Kier molecular flexibility index (Phi) is 7.35. The van der Waals surface area contributed by atoms with Crippen LogP contribution >= 0.6 is 0 Å². The van der Waals surface area contributed by atoms with Gasteiger partial charge in [0.05, 0.1) is 0 Å². The summed E-state index contributed by atoms with van der Waals surface area (Å²) in [5, 5.41) is 17.5. The van der Waals surface area contributed by atoms with Gasteiger partial charge in [0.2, 0.25) is 0 Å². The second-order valence-corrected chi connectivity index (χ2v) is 3.56. The van der Waals surface area contributed by atoms with Crippen molar-refractivity contribution in [1.29, 1.82) is 5.26 Å². The van der Waals surface area contributed by atoms with Gasteiger partial charge in [-0.2, -0.15) is 5.26 Å². The Bertz CT molecular complexity index is 274. The van der Waals surface area contributed by atoms with Crippen LogP contribution in [0.1, 0.15) is 52.4 Å². The fourth-order valence-corrected chi connectivity index (χ4v) is 1.52. The lowest BCUT2D eigenvalue weighted by atomic mass is 9.99. The van der Waals surface area contributed by atoms with E-state index < -0.39 is 5.97 Å². The van der Waals surface area contributed by atoms with E-state index in [1.54, 1.807) is 6.07 Å². The van der Waals surface area contributed by atoms with Gasteiger partial charge in [0.1, 0.15) is 11.6 Å². The zero-order valence-corrected chi connectivity index (χ0v) is 9.55. The summed E-state index contributed by atoms with van der Waals surface area (Å²) in [6.45, 7) is 4.03. The van der Waals surface area contributed by atoms with Crippen LogP contribution in [-0.2, 0) is 4.79 Å². The first-order valence-corrected chi connectivity index (χ1v) is 5.52. The quantitative estimate of drug-likeness (QED) is 0.397. The highest BCUT2D eigenvalue weighted by atomic mass is 16.4. The first-order chi connectivity index (χ1) is 7.17. The average molecular weight is 209 g/mol. The number of carbonyl (C=O) groups is 1. The third-order valence-corrected chi connectivity index (χ3v) is 2.44. The minimum atomic E-state index is -1.09. The van der Waals surface area contributed by atoms with Crippen molar-refractivity contribution in [1.82, 2.24) is 0 Å². The van der Waals surface area contributed by atoms with E-state index in [0.717, 1.165) is 31.3 Å². The Morgan fingerprint density at radius 3 is 2.33 bits per heavy atom. The number of carboxylic acid groups (broad SMARTS) is 1. The van der Waals surface area contributed by atoms with Crippen molar-refractivity contribution >= 4 is 5.97 Å². The maximum Gasteiger partial charge on any atom is 0.346 e. The molecule has 0 saturated heterocycles. The van der Waals surface area contributed by atoms with Crippen LogP contribution in [0.5, 0.6) is 0 Å². The van der Waals surface area contributed by atoms with Gasteiger partial charge in [-0.25, -0.2) is 4.79 Å². The molecular weight excluding hydrogens is 190 g/mol. The highest BCUT2D eigenvalue weighted by molar-refractivity contribution is 5.91. The van der Waals surface area contributed by atoms with E-state index in [-0.39, 0.29) is 5.57 Å². The summed E-state index contributed by atoms with van der Waals surface area (Å²) in [7, 11) is 0. The van der Waals surface area contributed by atoms with Crippen molar-refractivity contribution in [3.63, 3.8) is 0 Å². The summed E-state index contributed by atoms with van der Waals surface area (Å²) >= 11 is 0. The molecule has 15 heavy (non-hydrogen) atoms. The molecule has 0 heterocycles. The van der Waals surface area contributed by atoms with Gasteiger partial charge in [-0.3, -0.25) is 0 Å². The van der Waals surface area contributed by atoms with Crippen molar-refractivity contribution in [2.75, 3.05) is 0 Å². The molecule has 3 nitrogen and oxygen atoms in total. The summed E-state index contributed by atoms with van der Waals surface area (Å²) in [4.78, 5) is 10.7. The summed E-state index contributed by atoms with van der Waals surface area (Å²) in [6.07, 6.45) is 5.82. The molecule has 0 aromatic rings. The van der Waals surface area contributed by atoms with Gasteiger partial charge in [-0.1, -0.05) is 33.1 Å². The maximum absolute atomic E-state index is 10.7. The van der Waals surface area contributed by atoms with Crippen LogP contribution in [0.15, 0.2) is 11.1 Å². The number of aliphatic carboxylic acids is 1. The Morgan fingerprint density at radius 1 is 1.27 bits per heavy atom. The second-order valence-electron chi connectivity index (χ2n) is 3.56. The van der Waals surface area contributed by atoms with Crippen molar-refractivity contribution in [3.8, 4) is 6.07 Å². The largest absolute Gasteiger partial charge is 0.477 e. The Morgan fingerprint density at radius 2 is 1.93 bits per heavy atom. The lowest BCUT2D eigenvalue weighted by molar-refractivity contribution is -0.132. The molecule has 0 unspecified atom stereocenters. The monoisotopic (exact) mass is 209 g/mol. The van der Waals surface area contributed by atoms with E-state index in [4.69, 9.17) is 10.4 Å². The van der Waals surface area contributed by atoms with Crippen LogP contribution in [0.25, 0.3) is 0 Å². The van der Waals surface area contributed by atoms with Crippen LogP contribution < -0.4 is 0 Å². The lowest BCUT2D eigenvalue weighted by Gasteiger charge is -2.05. The number of carboxylic acids is 1. The topological polar surface area (TPSA) is 61.1 Å². The van der Waals surface area contributed by atoms with Crippen LogP contribution in [0.4, 0.5) is 0 Å². The van der Waals surface area contributed by atoms with E-state index in [9.17, 15) is 4.79 Å². The molecule has 0 fully saturated rings. The zero-order valence-electron chi connectivity index (χ0n) is 9.55. The molecule has 0 spiro atoms. The number of allylic oxidation sites excluding steroid dienone is 1. The van der Waals surface area contributed by atoms with Crippen LogP contribution in [0.3, 0.4) is 0 Å². The fourth-order valence-electron chi connectivity index (χ4n) is 1.52. The van der Waals surface area contributed by atoms with Crippen molar-refractivity contribution in [2.24, 2.45) is 0 Å². The predicted molar refractivity (Wildman–Crippen MR) is 59.3 cm³/mol.